The number of aromatic nitrogens is 1. The highest BCUT2D eigenvalue weighted by Crippen LogP contribution is 2.34. The highest BCUT2D eigenvalue weighted by molar-refractivity contribution is 9.10. The van der Waals surface area contributed by atoms with Crippen LogP contribution in [0.1, 0.15) is 30.1 Å². The second-order valence-electron chi connectivity index (χ2n) is 5.06. The van der Waals surface area contributed by atoms with E-state index in [1.165, 1.54) is 11.6 Å². The van der Waals surface area contributed by atoms with Gasteiger partial charge in [-0.05, 0) is 52.9 Å². The molecule has 1 heterocycles. The van der Waals surface area contributed by atoms with Crippen LogP contribution in [0.3, 0.4) is 0 Å². The third kappa shape index (κ3) is 2.90. The Hall–Kier alpha value is -1.95. The van der Waals surface area contributed by atoms with Crippen LogP contribution >= 0.6 is 15.9 Å². The molecule has 1 N–H and O–H groups in total. The zero-order chi connectivity index (χ0) is 14.8. The Morgan fingerprint density at radius 2 is 2.24 bits per heavy atom. The number of nitrogens with one attached hydrogen (secondary N) is 1. The van der Waals surface area contributed by atoms with Crippen LogP contribution in [-0.4, -0.2) is 9.91 Å². The Labute approximate surface area is 130 Å². The third-order valence-corrected chi connectivity index (χ3v) is 4.38. The molecule has 0 spiro atoms. The van der Waals surface area contributed by atoms with Crippen molar-refractivity contribution in [1.29, 1.82) is 0 Å². The number of fused-ring (bicyclic) bond motifs is 1. The van der Waals surface area contributed by atoms with Gasteiger partial charge < -0.3 is 5.32 Å². The predicted octanol–water partition coefficient (Wildman–Crippen LogP) is 4.24. The van der Waals surface area contributed by atoms with Crippen LogP contribution in [0.4, 0.5) is 11.4 Å². The van der Waals surface area contributed by atoms with Crippen molar-refractivity contribution in [3.8, 4) is 0 Å². The fourth-order valence-corrected chi connectivity index (χ4v) is 3.04. The summed E-state index contributed by atoms with van der Waals surface area (Å²) in [5.41, 5.74) is 3.11. The largest absolute Gasteiger partial charge is 0.376 e. The van der Waals surface area contributed by atoms with Gasteiger partial charge in [0.1, 0.15) is 0 Å². The molecule has 3 rings (SSSR count). The van der Waals surface area contributed by atoms with Crippen molar-refractivity contribution in [1.82, 2.24) is 4.98 Å². The number of nitro groups is 1. The molecule has 0 amide bonds. The van der Waals surface area contributed by atoms with Gasteiger partial charge in [-0.25, -0.2) is 0 Å². The van der Waals surface area contributed by atoms with Crippen molar-refractivity contribution in [3.05, 3.63) is 62.4 Å². The normalized spacial score (nSPS) is 17.1. The van der Waals surface area contributed by atoms with E-state index in [1.54, 1.807) is 18.3 Å². The number of nitro benzene ring substituents is 1. The standard InChI is InChI=1S/C15H14BrN3O2/c16-12-7-6-11(19(20)21)9-14(12)18-13-5-1-3-10-4-2-8-17-15(10)13/h2,4,6-9,13,18H,1,3,5H2. The molecule has 2 aromatic rings. The first-order valence-electron chi connectivity index (χ1n) is 6.79. The van der Waals surface area contributed by atoms with Crippen LogP contribution in [0.15, 0.2) is 41.0 Å². The number of benzene rings is 1. The van der Waals surface area contributed by atoms with Gasteiger partial charge in [0.2, 0.25) is 0 Å². The Bertz CT molecular complexity index is 690. The van der Waals surface area contributed by atoms with Crippen molar-refractivity contribution >= 4 is 27.3 Å². The van der Waals surface area contributed by atoms with Crippen LogP contribution in [-0.2, 0) is 6.42 Å². The van der Waals surface area contributed by atoms with E-state index in [0.717, 1.165) is 35.1 Å². The second-order valence-corrected chi connectivity index (χ2v) is 5.91. The van der Waals surface area contributed by atoms with Gasteiger partial charge in [0.15, 0.2) is 0 Å². The maximum Gasteiger partial charge on any atom is 0.271 e. The van der Waals surface area contributed by atoms with Gasteiger partial charge in [0.25, 0.3) is 5.69 Å². The number of anilines is 1. The summed E-state index contributed by atoms with van der Waals surface area (Å²) >= 11 is 3.44. The number of hydrogen-bond acceptors (Lipinski definition) is 4. The highest BCUT2D eigenvalue weighted by atomic mass is 79.9. The fraction of sp³-hybridized carbons (Fsp3) is 0.267. The lowest BCUT2D eigenvalue weighted by atomic mass is 9.92. The molecule has 0 saturated carbocycles. The first kappa shape index (κ1) is 14.0. The molecule has 21 heavy (non-hydrogen) atoms. The van der Waals surface area contributed by atoms with Crippen LogP contribution in [0, 0.1) is 10.1 Å². The van der Waals surface area contributed by atoms with E-state index in [-0.39, 0.29) is 16.7 Å². The predicted molar refractivity (Wildman–Crippen MR) is 84.3 cm³/mol. The number of hydrogen-bond donors (Lipinski definition) is 1. The quantitative estimate of drug-likeness (QED) is 0.665. The molecule has 108 valence electrons. The van der Waals surface area contributed by atoms with Gasteiger partial charge in [-0.3, -0.25) is 15.1 Å². The van der Waals surface area contributed by atoms with Gasteiger partial charge >= 0.3 is 0 Å². The number of aryl methyl sites for hydroxylation is 1. The van der Waals surface area contributed by atoms with Crippen LogP contribution in [0.5, 0.6) is 0 Å². The topological polar surface area (TPSA) is 68.1 Å². The maximum absolute atomic E-state index is 10.9. The van der Waals surface area contributed by atoms with Crippen molar-refractivity contribution in [2.45, 2.75) is 25.3 Å². The minimum Gasteiger partial charge on any atom is -0.376 e. The first-order chi connectivity index (χ1) is 10.1. The molecule has 1 atom stereocenters. The number of pyridine rings is 1. The van der Waals surface area contributed by atoms with E-state index in [9.17, 15) is 10.1 Å². The van der Waals surface area contributed by atoms with E-state index in [2.05, 4.69) is 32.3 Å². The minimum atomic E-state index is -0.384. The number of rotatable bonds is 3. The molecule has 1 aromatic carbocycles. The fourth-order valence-electron chi connectivity index (χ4n) is 2.68. The zero-order valence-electron chi connectivity index (χ0n) is 11.3. The monoisotopic (exact) mass is 347 g/mol. The highest BCUT2D eigenvalue weighted by Gasteiger charge is 2.22. The SMILES string of the molecule is O=[N+]([O-])c1ccc(Br)c(NC2CCCc3cccnc32)c1. The lowest BCUT2D eigenvalue weighted by molar-refractivity contribution is -0.384. The summed E-state index contributed by atoms with van der Waals surface area (Å²) < 4.78 is 0.816. The van der Waals surface area contributed by atoms with Crippen molar-refractivity contribution in [2.24, 2.45) is 0 Å². The van der Waals surface area contributed by atoms with Crippen molar-refractivity contribution < 1.29 is 4.92 Å². The van der Waals surface area contributed by atoms with Gasteiger partial charge in [0.05, 0.1) is 22.3 Å². The summed E-state index contributed by atoms with van der Waals surface area (Å²) in [5.74, 6) is 0. The molecule has 0 saturated heterocycles. The maximum atomic E-state index is 10.9. The summed E-state index contributed by atoms with van der Waals surface area (Å²) in [7, 11) is 0. The smallest absolute Gasteiger partial charge is 0.271 e. The minimum absolute atomic E-state index is 0.0813. The number of halogens is 1. The molecule has 0 fully saturated rings. The number of nitrogens with zero attached hydrogens (tertiary/aromatic N) is 2. The summed E-state index contributed by atoms with van der Waals surface area (Å²) in [5, 5.41) is 14.3. The second kappa shape index (κ2) is 5.81. The summed E-state index contributed by atoms with van der Waals surface area (Å²) in [6.07, 6.45) is 4.89. The van der Waals surface area contributed by atoms with E-state index in [1.807, 2.05) is 6.07 Å². The lowest BCUT2D eigenvalue weighted by Crippen LogP contribution is -2.19. The van der Waals surface area contributed by atoms with E-state index < -0.39 is 0 Å². The van der Waals surface area contributed by atoms with Gasteiger partial charge in [-0.2, -0.15) is 0 Å². The summed E-state index contributed by atoms with van der Waals surface area (Å²) in [6, 6.07) is 8.88. The van der Waals surface area contributed by atoms with Crippen LogP contribution in [0.25, 0.3) is 0 Å². The first-order valence-corrected chi connectivity index (χ1v) is 7.59. The Morgan fingerprint density at radius 1 is 1.38 bits per heavy atom. The summed E-state index contributed by atoms with van der Waals surface area (Å²) in [4.78, 5) is 15.0. The molecule has 0 radical (unpaired) electrons. The average Bonchev–Trinajstić information content (AvgIpc) is 2.49. The van der Waals surface area contributed by atoms with E-state index >= 15 is 0 Å². The van der Waals surface area contributed by atoms with Crippen LogP contribution < -0.4 is 5.32 Å². The molecule has 5 nitrogen and oxygen atoms in total. The molecular formula is C15H14BrN3O2. The molecular weight excluding hydrogens is 334 g/mol. The van der Waals surface area contributed by atoms with Gasteiger partial charge in [0, 0.05) is 22.8 Å². The molecule has 1 aliphatic carbocycles. The molecule has 0 aliphatic heterocycles. The molecule has 1 aliphatic rings. The van der Waals surface area contributed by atoms with Gasteiger partial charge in [-0.1, -0.05) is 6.07 Å². The molecule has 0 bridgehead atoms. The van der Waals surface area contributed by atoms with E-state index in [0.29, 0.717) is 0 Å². The molecule has 1 unspecified atom stereocenters. The van der Waals surface area contributed by atoms with E-state index in [4.69, 9.17) is 0 Å². The van der Waals surface area contributed by atoms with Crippen molar-refractivity contribution in [2.75, 3.05) is 5.32 Å². The number of non-ortho nitro benzene ring substituents is 1. The Morgan fingerprint density at radius 3 is 3.05 bits per heavy atom. The Kier molecular flexibility index (Phi) is 3.88. The zero-order valence-corrected chi connectivity index (χ0v) is 12.8. The lowest BCUT2D eigenvalue weighted by Gasteiger charge is -2.26. The average molecular weight is 348 g/mol. The van der Waals surface area contributed by atoms with Gasteiger partial charge in [-0.15, -0.1) is 0 Å². The molecule has 1 aromatic heterocycles. The third-order valence-electron chi connectivity index (χ3n) is 3.69. The van der Waals surface area contributed by atoms with Crippen molar-refractivity contribution in [3.63, 3.8) is 0 Å². The molecule has 6 heteroatoms. The van der Waals surface area contributed by atoms with Crippen LogP contribution in [0.2, 0.25) is 0 Å². The summed E-state index contributed by atoms with van der Waals surface area (Å²) in [6.45, 7) is 0. The Balaban J connectivity index is 1.91.